The molecule has 3 fully saturated rings. The second-order valence-corrected chi connectivity index (χ2v) is 10.5. The average molecular weight is 466 g/mol. The van der Waals surface area contributed by atoms with Crippen LogP contribution in [-0.2, 0) is 17.6 Å². The Morgan fingerprint density at radius 3 is 2.59 bits per heavy atom. The van der Waals surface area contributed by atoms with Crippen molar-refractivity contribution in [3.05, 3.63) is 47.5 Å². The molecule has 0 radical (unpaired) electrons. The van der Waals surface area contributed by atoms with Gasteiger partial charge in [-0.25, -0.2) is 14.4 Å². The molecule has 5 nitrogen and oxygen atoms in total. The van der Waals surface area contributed by atoms with Crippen LogP contribution in [0.3, 0.4) is 0 Å². The number of benzene rings is 1. The minimum Gasteiger partial charge on any atom is -0.493 e. The van der Waals surface area contributed by atoms with Gasteiger partial charge in [-0.1, -0.05) is 13.0 Å². The van der Waals surface area contributed by atoms with E-state index in [4.69, 9.17) is 4.74 Å². The summed E-state index contributed by atoms with van der Waals surface area (Å²) in [6, 6.07) is 4.95. The third-order valence-electron chi connectivity index (χ3n) is 7.89. The molecule has 0 spiro atoms. The number of Topliss-reactive ketones (excluding diaryl/α,β-unsaturated/α-hetero) is 1. The molecule has 2 aliphatic carbocycles. The Balaban J connectivity index is 1.01. The second kappa shape index (κ2) is 10.4. The number of carbonyl (C=O) groups is 1. The molecule has 1 aromatic carbocycles. The monoisotopic (exact) mass is 465 g/mol. The van der Waals surface area contributed by atoms with Crippen molar-refractivity contribution < 1.29 is 13.9 Å². The number of hydrogen-bond donors (Lipinski definition) is 0. The van der Waals surface area contributed by atoms with Crippen molar-refractivity contribution in [3.8, 4) is 5.75 Å². The van der Waals surface area contributed by atoms with E-state index >= 15 is 0 Å². The van der Waals surface area contributed by atoms with E-state index in [0.717, 1.165) is 62.5 Å². The number of anilines is 1. The van der Waals surface area contributed by atoms with E-state index in [9.17, 15) is 9.18 Å². The van der Waals surface area contributed by atoms with Gasteiger partial charge in [0.15, 0.2) is 0 Å². The predicted molar refractivity (Wildman–Crippen MR) is 131 cm³/mol. The largest absolute Gasteiger partial charge is 0.493 e. The minimum absolute atomic E-state index is 0.141. The summed E-state index contributed by atoms with van der Waals surface area (Å²) in [5, 5.41) is 0. The molecular weight excluding hydrogens is 429 g/mol. The van der Waals surface area contributed by atoms with Gasteiger partial charge in [0, 0.05) is 44.4 Å². The molecule has 6 heteroatoms. The fourth-order valence-corrected chi connectivity index (χ4v) is 5.42. The van der Waals surface area contributed by atoms with Gasteiger partial charge in [0.1, 0.15) is 17.3 Å². The van der Waals surface area contributed by atoms with Gasteiger partial charge in [-0.15, -0.1) is 0 Å². The third-order valence-corrected chi connectivity index (χ3v) is 7.89. The van der Waals surface area contributed by atoms with E-state index in [1.165, 1.54) is 30.9 Å². The molecule has 1 saturated heterocycles. The summed E-state index contributed by atoms with van der Waals surface area (Å²) in [5.74, 6) is 4.09. The van der Waals surface area contributed by atoms with Gasteiger partial charge < -0.3 is 9.64 Å². The van der Waals surface area contributed by atoms with Crippen molar-refractivity contribution in [3.63, 3.8) is 0 Å². The van der Waals surface area contributed by atoms with Gasteiger partial charge in [0.2, 0.25) is 5.95 Å². The Labute approximate surface area is 202 Å². The van der Waals surface area contributed by atoms with Crippen LogP contribution in [0.1, 0.15) is 63.0 Å². The smallest absolute Gasteiger partial charge is 0.225 e. The van der Waals surface area contributed by atoms with E-state index in [2.05, 4.69) is 21.8 Å². The third kappa shape index (κ3) is 5.94. The molecule has 1 aromatic heterocycles. The first-order chi connectivity index (χ1) is 16.6. The summed E-state index contributed by atoms with van der Waals surface area (Å²) in [4.78, 5) is 23.4. The second-order valence-electron chi connectivity index (χ2n) is 10.5. The summed E-state index contributed by atoms with van der Waals surface area (Å²) in [7, 11) is 0. The van der Waals surface area contributed by atoms with E-state index in [-0.39, 0.29) is 18.0 Å². The van der Waals surface area contributed by atoms with Crippen LogP contribution < -0.4 is 9.64 Å². The van der Waals surface area contributed by atoms with E-state index in [0.29, 0.717) is 30.3 Å². The predicted octanol–water partition coefficient (Wildman–Crippen LogP) is 5.41. The lowest BCUT2D eigenvalue weighted by molar-refractivity contribution is -0.118. The van der Waals surface area contributed by atoms with Crippen LogP contribution in [0, 0.1) is 29.5 Å². The van der Waals surface area contributed by atoms with Gasteiger partial charge >= 0.3 is 0 Å². The van der Waals surface area contributed by atoms with Gasteiger partial charge in [-0.2, -0.15) is 0 Å². The Bertz CT molecular complexity index is 984. The van der Waals surface area contributed by atoms with Gasteiger partial charge in [-0.3, -0.25) is 4.79 Å². The Morgan fingerprint density at radius 2 is 1.91 bits per heavy atom. The zero-order valence-electron chi connectivity index (χ0n) is 20.2. The molecule has 0 amide bonds. The van der Waals surface area contributed by atoms with E-state index in [1.54, 1.807) is 12.1 Å². The van der Waals surface area contributed by atoms with Crippen molar-refractivity contribution in [1.29, 1.82) is 0 Å². The van der Waals surface area contributed by atoms with Crippen LogP contribution in [0.4, 0.5) is 10.3 Å². The van der Waals surface area contributed by atoms with Crippen molar-refractivity contribution in [1.82, 2.24) is 9.97 Å². The van der Waals surface area contributed by atoms with Crippen LogP contribution in [0.5, 0.6) is 5.75 Å². The number of aromatic nitrogens is 2. The molecule has 0 unspecified atom stereocenters. The highest BCUT2D eigenvalue weighted by Crippen LogP contribution is 2.49. The Kier molecular flexibility index (Phi) is 7.12. The number of carbonyl (C=O) groups excluding carboxylic acids is 1. The van der Waals surface area contributed by atoms with Crippen LogP contribution in [-0.4, -0.2) is 35.4 Å². The number of aryl methyl sites for hydroxylation is 1. The highest BCUT2D eigenvalue weighted by molar-refractivity contribution is 5.81. The first-order valence-corrected chi connectivity index (χ1v) is 13.1. The molecule has 3 aliphatic rings. The minimum atomic E-state index is -0.328. The molecule has 0 N–H and O–H groups in total. The van der Waals surface area contributed by atoms with Crippen molar-refractivity contribution in [2.45, 2.75) is 64.7 Å². The number of hydrogen-bond acceptors (Lipinski definition) is 5. The lowest BCUT2D eigenvalue weighted by atomic mass is 9.90. The highest BCUT2D eigenvalue weighted by atomic mass is 19.1. The first kappa shape index (κ1) is 23.3. The number of ketones is 1. The zero-order chi connectivity index (χ0) is 23.5. The SMILES string of the molecule is CCc1cnc(N2CCC([C@H]3C[C@H]3CCOc3ccc(CC(=O)CC4CC4)c(F)c3)CC2)nc1. The molecule has 0 bridgehead atoms. The lowest BCUT2D eigenvalue weighted by Gasteiger charge is -2.32. The van der Waals surface area contributed by atoms with E-state index < -0.39 is 0 Å². The summed E-state index contributed by atoms with van der Waals surface area (Å²) >= 11 is 0. The number of halogens is 1. The van der Waals surface area contributed by atoms with Gasteiger partial charge in [-0.05, 0) is 85.8 Å². The number of ether oxygens (including phenoxy) is 1. The van der Waals surface area contributed by atoms with Crippen LogP contribution in [0.25, 0.3) is 0 Å². The van der Waals surface area contributed by atoms with Gasteiger partial charge in [0.05, 0.1) is 6.61 Å². The maximum absolute atomic E-state index is 14.4. The van der Waals surface area contributed by atoms with Crippen LogP contribution in [0.2, 0.25) is 0 Å². The zero-order valence-corrected chi connectivity index (χ0v) is 20.2. The first-order valence-electron chi connectivity index (χ1n) is 13.1. The fourth-order valence-electron chi connectivity index (χ4n) is 5.42. The molecular formula is C28H36FN3O2. The molecule has 5 rings (SSSR count). The maximum atomic E-state index is 14.4. The Hall–Kier alpha value is -2.50. The highest BCUT2D eigenvalue weighted by Gasteiger charge is 2.43. The summed E-state index contributed by atoms with van der Waals surface area (Å²) in [6.45, 7) is 4.81. The number of nitrogens with zero attached hydrogens (tertiary/aromatic N) is 3. The average Bonchev–Trinajstić information content (AvgIpc) is 3.78. The van der Waals surface area contributed by atoms with Crippen molar-refractivity contribution >= 4 is 11.7 Å². The maximum Gasteiger partial charge on any atom is 0.225 e. The molecule has 2 aromatic rings. The standard InChI is InChI=1S/C28H36FN3O2/c1-2-19-17-30-28(31-18-19)32-10-7-21(8-11-32)26-15-22(26)9-12-34-25-6-5-23(27(29)16-25)14-24(33)13-20-3-4-20/h5-6,16-18,20-22,26H,2-4,7-15H2,1H3/t22-,26-/m1/s1. The topological polar surface area (TPSA) is 55.3 Å². The van der Waals surface area contributed by atoms with E-state index in [1.807, 2.05) is 12.4 Å². The molecule has 182 valence electrons. The molecule has 34 heavy (non-hydrogen) atoms. The quantitative estimate of drug-likeness (QED) is 0.444. The van der Waals surface area contributed by atoms with Crippen LogP contribution >= 0.6 is 0 Å². The lowest BCUT2D eigenvalue weighted by Crippen LogP contribution is -2.35. The fraction of sp³-hybridized carbons (Fsp3) is 0.607. The number of rotatable bonds is 11. The molecule has 1 aliphatic heterocycles. The van der Waals surface area contributed by atoms with Gasteiger partial charge in [0.25, 0.3) is 0 Å². The summed E-state index contributed by atoms with van der Waals surface area (Å²) in [5.41, 5.74) is 1.66. The van der Waals surface area contributed by atoms with Crippen LogP contribution in [0.15, 0.2) is 30.6 Å². The Morgan fingerprint density at radius 1 is 1.15 bits per heavy atom. The molecule has 2 atom stereocenters. The normalized spacial score (nSPS) is 22.6. The van der Waals surface area contributed by atoms with Crippen molar-refractivity contribution in [2.24, 2.45) is 23.7 Å². The molecule has 2 heterocycles. The molecule has 2 saturated carbocycles. The van der Waals surface area contributed by atoms with Crippen molar-refractivity contribution in [2.75, 3.05) is 24.6 Å². The summed E-state index contributed by atoms with van der Waals surface area (Å²) in [6.07, 6.45) is 12.6. The summed E-state index contributed by atoms with van der Waals surface area (Å²) < 4.78 is 20.3. The number of piperidine rings is 1.